The van der Waals surface area contributed by atoms with Crippen LogP contribution >= 0.6 is 15.9 Å². The number of ketones is 3. The van der Waals surface area contributed by atoms with E-state index in [1.54, 1.807) is 79.0 Å². The molecule has 0 radical (unpaired) electrons. The molecular formula is C33H23BrN2O5. The van der Waals surface area contributed by atoms with Gasteiger partial charge in [0.25, 0.3) is 0 Å². The monoisotopic (exact) mass is 606 g/mol. The Morgan fingerprint density at radius 3 is 2.24 bits per heavy atom. The Labute approximate surface area is 244 Å². The average Bonchev–Trinajstić information content (AvgIpc) is 3.44. The number of carbonyl (C=O) groups excluding carboxylic acids is 3. The van der Waals surface area contributed by atoms with E-state index in [0.29, 0.717) is 32.5 Å². The predicted octanol–water partition coefficient (Wildman–Crippen LogP) is 5.97. The molecule has 3 aliphatic rings. The van der Waals surface area contributed by atoms with Crippen molar-refractivity contribution >= 4 is 39.5 Å². The molecule has 4 aromatic carbocycles. The lowest BCUT2D eigenvalue weighted by atomic mass is 9.62. The van der Waals surface area contributed by atoms with Gasteiger partial charge < -0.3 is 9.84 Å². The molecule has 3 atom stereocenters. The van der Waals surface area contributed by atoms with Gasteiger partial charge in [-0.1, -0.05) is 64.5 Å². The molecule has 0 amide bonds. The minimum Gasteiger partial charge on any atom is -0.508 e. The van der Waals surface area contributed by atoms with E-state index in [9.17, 15) is 19.5 Å². The number of halogens is 1. The summed E-state index contributed by atoms with van der Waals surface area (Å²) in [5, 5.41) is 17.6. The number of aromatic hydroxyl groups is 1. The maximum Gasteiger partial charge on any atom is 0.187 e. The van der Waals surface area contributed by atoms with Gasteiger partial charge in [0.05, 0.1) is 19.4 Å². The number of Topliss-reactive ketones (excluding diaryl/α,β-unsaturated/α-hetero) is 3. The Hall–Kier alpha value is -4.56. The summed E-state index contributed by atoms with van der Waals surface area (Å²) < 4.78 is 5.93. The van der Waals surface area contributed by atoms with Crippen LogP contribution in [0.1, 0.15) is 59.7 Å². The van der Waals surface area contributed by atoms with Crippen molar-refractivity contribution in [3.63, 3.8) is 0 Å². The first-order valence-corrected chi connectivity index (χ1v) is 13.9. The van der Waals surface area contributed by atoms with Crippen LogP contribution in [-0.2, 0) is 0 Å². The largest absolute Gasteiger partial charge is 0.508 e. The fourth-order valence-electron chi connectivity index (χ4n) is 6.82. The van der Waals surface area contributed by atoms with Crippen molar-refractivity contribution in [2.75, 3.05) is 7.11 Å². The topological polar surface area (TPSA) is 96.3 Å². The minimum absolute atomic E-state index is 0.112. The van der Waals surface area contributed by atoms with Crippen LogP contribution in [-0.4, -0.2) is 46.8 Å². The Morgan fingerprint density at radius 1 is 0.902 bits per heavy atom. The molecule has 1 fully saturated rings. The third-order valence-electron chi connectivity index (χ3n) is 8.54. The molecule has 1 N–H and O–H groups in total. The highest BCUT2D eigenvalue weighted by Crippen LogP contribution is 2.65. The highest BCUT2D eigenvalue weighted by atomic mass is 79.9. The molecule has 1 spiro atoms. The number of fused-ring (bicyclic) bond motifs is 5. The van der Waals surface area contributed by atoms with Crippen molar-refractivity contribution in [3.8, 4) is 11.5 Å². The molecule has 0 aromatic heterocycles. The summed E-state index contributed by atoms with van der Waals surface area (Å²) in [5.41, 5.74) is 1.03. The van der Waals surface area contributed by atoms with Crippen LogP contribution in [0, 0.1) is 5.41 Å². The third kappa shape index (κ3) is 3.43. The van der Waals surface area contributed by atoms with E-state index >= 15 is 0 Å². The molecule has 2 aliphatic heterocycles. The molecule has 0 saturated carbocycles. The standard InChI is InChI=1S/C33H23BrN2O5/c1-41-21-13-10-18(11-14-21)29(38)28-27(25-16-20(34)12-15-26(25)37)33(31(39)23-8-4-5-9-24(23)32(33)40)30-22-7-3-2-6-19(22)17-35-36(28)30/h2-17,27-28,30,37H,1H3/t27-,28+,30-/m0/s1. The molecule has 1 saturated heterocycles. The second kappa shape index (κ2) is 9.24. The second-order valence-electron chi connectivity index (χ2n) is 10.4. The number of methoxy groups -OCH3 is 1. The molecular weight excluding hydrogens is 584 g/mol. The van der Waals surface area contributed by atoms with Crippen LogP contribution in [0.3, 0.4) is 0 Å². The molecule has 4 aromatic rings. The number of phenolic OH excluding ortho intramolecular Hbond substituents is 1. The van der Waals surface area contributed by atoms with E-state index in [1.165, 1.54) is 6.07 Å². The summed E-state index contributed by atoms with van der Waals surface area (Å²) >= 11 is 3.50. The van der Waals surface area contributed by atoms with Gasteiger partial charge in [0, 0.05) is 32.6 Å². The van der Waals surface area contributed by atoms with Crippen molar-refractivity contribution in [2.24, 2.45) is 10.5 Å². The zero-order valence-electron chi connectivity index (χ0n) is 21.8. The number of hydrazone groups is 1. The normalized spacial score (nSPS) is 21.5. The van der Waals surface area contributed by atoms with Crippen LogP contribution in [0.2, 0.25) is 0 Å². The van der Waals surface area contributed by atoms with Crippen LogP contribution in [0.15, 0.2) is 101 Å². The number of benzene rings is 4. The summed E-state index contributed by atoms with van der Waals surface area (Å²) in [7, 11) is 1.54. The van der Waals surface area contributed by atoms with E-state index in [1.807, 2.05) is 24.3 Å². The molecule has 0 unspecified atom stereocenters. The van der Waals surface area contributed by atoms with Gasteiger partial charge in [0.1, 0.15) is 23.0 Å². The molecule has 41 heavy (non-hydrogen) atoms. The number of rotatable bonds is 4. The minimum atomic E-state index is -1.76. The summed E-state index contributed by atoms with van der Waals surface area (Å²) in [6.07, 6.45) is 1.66. The van der Waals surface area contributed by atoms with Gasteiger partial charge in [0.15, 0.2) is 17.3 Å². The Bertz CT molecular complexity index is 1760. The Balaban J connectivity index is 1.55. The molecule has 7 rings (SSSR count). The fourth-order valence-corrected chi connectivity index (χ4v) is 7.20. The van der Waals surface area contributed by atoms with Crippen molar-refractivity contribution in [3.05, 3.63) is 129 Å². The number of carbonyl (C=O) groups is 3. The number of nitrogens with zero attached hydrogens (tertiary/aromatic N) is 2. The first-order valence-electron chi connectivity index (χ1n) is 13.1. The lowest BCUT2D eigenvalue weighted by Gasteiger charge is -2.36. The molecule has 0 bridgehead atoms. The lowest BCUT2D eigenvalue weighted by Crippen LogP contribution is -2.43. The molecule has 1 aliphatic carbocycles. The zero-order chi connectivity index (χ0) is 28.5. The molecule has 8 heteroatoms. The summed E-state index contributed by atoms with van der Waals surface area (Å²) in [6.45, 7) is 0. The van der Waals surface area contributed by atoms with Crippen LogP contribution in [0.25, 0.3) is 0 Å². The van der Waals surface area contributed by atoms with Gasteiger partial charge in [-0.25, -0.2) is 0 Å². The van der Waals surface area contributed by atoms with Gasteiger partial charge in [-0.3, -0.25) is 19.4 Å². The highest BCUT2D eigenvalue weighted by Gasteiger charge is 2.73. The highest BCUT2D eigenvalue weighted by molar-refractivity contribution is 9.10. The Kier molecular flexibility index (Phi) is 5.73. The number of phenols is 1. The van der Waals surface area contributed by atoms with Gasteiger partial charge in [0.2, 0.25) is 0 Å². The number of hydrogen-bond acceptors (Lipinski definition) is 7. The Morgan fingerprint density at radius 2 is 1.56 bits per heavy atom. The van der Waals surface area contributed by atoms with Crippen LogP contribution < -0.4 is 4.74 Å². The summed E-state index contributed by atoms with van der Waals surface area (Å²) in [5.74, 6) is -1.67. The number of hydrogen-bond donors (Lipinski definition) is 1. The van der Waals surface area contributed by atoms with E-state index in [-0.39, 0.29) is 23.1 Å². The number of ether oxygens (including phenoxy) is 1. The maximum absolute atomic E-state index is 14.7. The lowest BCUT2D eigenvalue weighted by molar-refractivity contribution is 0.0585. The van der Waals surface area contributed by atoms with Crippen molar-refractivity contribution in [1.29, 1.82) is 0 Å². The van der Waals surface area contributed by atoms with Crippen LogP contribution in [0.5, 0.6) is 11.5 Å². The van der Waals surface area contributed by atoms with Gasteiger partial charge in [-0.2, -0.15) is 5.10 Å². The zero-order valence-corrected chi connectivity index (χ0v) is 23.4. The van der Waals surface area contributed by atoms with Gasteiger partial charge in [-0.05, 0) is 53.6 Å². The summed E-state index contributed by atoms with van der Waals surface area (Å²) in [6, 6.07) is 23.9. The SMILES string of the molecule is COc1ccc(C(=O)[C@H]2[C@H](c3cc(Br)ccc3O)C3(C(=O)c4ccccc4C3=O)[C@@H]3c4ccccc4C=NN32)cc1. The first-order chi connectivity index (χ1) is 19.9. The third-order valence-corrected chi connectivity index (χ3v) is 9.04. The average molecular weight is 607 g/mol. The fraction of sp³-hybridized carbons (Fsp3) is 0.152. The first kappa shape index (κ1) is 25.4. The van der Waals surface area contributed by atoms with E-state index in [0.717, 1.165) is 11.1 Å². The van der Waals surface area contributed by atoms with E-state index in [2.05, 4.69) is 15.9 Å². The van der Waals surface area contributed by atoms with E-state index in [4.69, 9.17) is 9.84 Å². The molecule has 202 valence electrons. The molecule has 7 nitrogen and oxygen atoms in total. The van der Waals surface area contributed by atoms with Crippen molar-refractivity contribution < 1.29 is 24.2 Å². The maximum atomic E-state index is 14.7. The van der Waals surface area contributed by atoms with Crippen molar-refractivity contribution in [2.45, 2.75) is 18.0 Å². The molecule has 2 heterocycles. The summed E-state index contributed by atoms with van der Waals surface area (Å²) in [4.78, 5) is 44.0. The van der Waals surface area contributed by atoms with Gasteiger partial charge in [-0.15, -0.1) is 0 Å². The van der Waals surface area contributed by atoms with E-state index < -0.39 is 23.4 Å². The quantitative estimate of drug-likeness (QED) is 0.227. The van der Waals surface area contributed by atoms with Crippen molar-refractivity contribution in [1.82, 2.24) is 5.01 Å². The smallest absolute Gasteiger partial charge is 0.187 e. The van der Waals surface area contributed by atoms with Crippen LogP contribution in [0.4, 0.5) is 0 Å². The van der Waals surface area contributed by atoms with Gasteiger partial charge >= 0.3 is 0 Å². The second-order valence-corrected chi connectivity index (χ2v) is 11.4. The predicted molar refractivity (Wildman–Crippen MR) is 156 cm³/mol.